The predicted molar refractivity (Wildman–Crippen MR) is 132 cm³/mol. The highest BCUT2D eigenvalue weighted by atomic mass is 79.9. The molecule has 1 aliphatic rings. The Morgan fingerprint density at radius 3 is 2.42 bits per heavy atom. The Kier molecular flexibility index (Phi) is 8.78. The van der Waals surface area contributed by atoms with Crippen molar-refractivity contribution >= 4 is 28.1 Å². The Morgan fingerprint density at radius 1 is 1.06 bits per heavy atom. The quantitative estimate of drug-likeness (QED) is 0.469. The Bertz CT molecular complexity index is 912. The number of alkyl carbamates (subject to hydrolysis) is 1. The van der Waals surface area contributed by atoms with Crippen molar-refractivity contribution in [2.45, 2.75) is 70.7 Å². The van der Waals surface area contributed by atoms with Crippen molar-refractivity contribution in [2.75, 3.05) is 6.54 Å². The highest BCUT2D eigenvalue weighted by Gasteiger charge is 2.36. The average Bonchev–Trinajstić information content (AvgIpc) is 2.77. The zero-order valence-corrected chi connectivity index (χ0v) is 21.1. The van der Waals surface area contributed by atoms with Crippen LogP contribution in [-0.4, -0.2) is 35.3 Å². The average molecular weight is 517 g/mol. The van der Waals surface area contributed by atoms with Gasteiger partial charge in [-0.05, 0) is 69.7 Å². The number of carbonyl (C=O) groups is 2. The van der Waals surface area contributed by atoms with Crippen molar-refractivity contribution in [3.63, 3.8) is 0 Å². The van der Waals surface area contributed by atoms with Gasteiger partial charge in [0.25, 0.3) is 0 Å². The number of hydrogen-bond acceptors (Lipinski definition) is 4. The van der Waals surface area contributed by atoms with E-state index >= 15 is 0 Å². The normalized spacial score (nSPS) is 18.5. The Hall–Kier alpha value is -2.54. The van der Waals surface area contributed by atoms with Gasteiger partial charge in [0, 0.05) is 17.1 Å². The molecule has 1 saturated heterocycles. The van der Waals surface area contributed by atoms with E-state index in [1.807, 2.05) is 80.3 Å². The summed E-state index contributed by atoms with van der Waals surface area (Å²) in [5.41, 5.74) is 1.49. The first-order valence-corrected chi connectivity index (χ1v) is 12.2. The first-order valence-electron chi connectivity index (χ1n) is 11.4. The molecule has 3 rings (SSSR count). The first kappa shape index (κ1) is 25.1. The molecule has 2 aromatic carbocycles. The number of nitrogens with one attached hydrogen (secondary N) is 1. The third-order valence-electron chi connectivity index (χ3n) is 5.56. The molecule has 33 heavy (non-hydrogen) atoms. The van der Waals surface area contributed by atoms with Crippen LogP contribution in [0.15, 0.2) is 59.1 Å². The van der Waals surface area contributed by atoms with Crippen LogP contribution in [0.1, 0.15) is 63.6 Å². The van der Waals surface area contributed by atoms with Crippen molar-refractivity contribution in [1.82, 2.24) is 10.2 Å². The number of amides is 2. The lowest BCUT2D eigenvalue weighted by molar-refractivity contribution is 0.0370. The Balaban J connectivity index is 1.71. The van der Waals surface area contributed by atoms with E-state index in [4.69, 9.17) is 9.47 Å². The predicted octanol–water partition coefficient (Wildman–Crippen LogP) is 6.60. The van der Waals surface area contributed by atoms with Crippen molar-refractivity contribution in [3.8, 4) is 0 Å². The summed E-state index contributed by atoms with van der Waals surface area (Å²) in [7, 11) is 0. The maximum Gasteiger partial charge on any atom is 0.410 e. The van der Waals surface area contributed by atoms with Crippen LogP contribution in [0, 0.1) is 0 Å². The second kappa shape index (κ2) is 11.5. The van der Waals surface area contributed by atoms with Crippen LogP contribution in [0.2, 0.25) is 0 Å². The number of hydrogen-bond donors (Lipinski definition) is 1. The molecule has 0 bridgehead atoms. The lowest BCUT2D eigenvalue weighted by Crippen LogP contribution is -2.47. The van der Waals surface area contributed by atoms with Gasteiger partial charge in [-0.25, -0.2) is 9.59 Å². The molecular weight excluding hydrogens is 484 g/mol. The topological polar surface area (TPSA) is 67.9 Å². The fourth-order valence-corrected chi connectivity index (χ4v) is 4.36. The first-order chi connectivity index (χ1) is 15.7. The molecule has 2 amide bonds. The van der Waals surface area contributed by atoms with Crippen LogP contribution in [0.3, 0.4) is 0 Å². The van der Waals surface area contributed by atoms with Gasteiger partial charge in [0.2, 0.25) is 0 Å². The van der Waals surface area contributed by atoms with Gasteiger partial charge in [-0.3, -0.25) is 4.90 Å². The van der Waals surface area contributed by atoms with Crippen LogP contribution >= 0.6 is 15.9 Å². The second-order valence-electron chi connectivity index (χ2n) is 9.32. The standard InChI is InChI=1S/C26H33BrN2O4/c1-26(2,3)33-24(30)28-17-16-22-10-7-11-23(20-12-14-21(27)15-13-20)29(22)25(31)32-18-19-8-5-4-6-9-19/h4-6,8-9,12-15,22-23H,7,10-11,16-18H2,1-3H3,(H,28,30)/t22-,23-/m0/s1. The van der Waals surface area contributed by atoms with E-state index in [1.165, 1.54) is 0 Å². The molecule has 1 fully saturated rings. The number of ether oxygens (including phenoxy) is 2. The number of carbonyl (C=O) groups excluding carboxylic acids is 2. The molecule has 1 N–H and O–H groups in total. The number of benzene rings is 2. The fraction of sp³-hybridized carbons (Fsp3) is 0.462. The van der Waals surface area contributed by atoms with Crippen molar-refractivity contribution in [2.24, 2.45) is 0 Å². The van der Waals surface area contributed by atoms with Gasteiger partial charge in [-0.2, -0.15) is 0 Å². The number of nitrogens with zero attached hydrogens (tertiary/aromatic N) is 1. The van der Waals surface area contributed by atoms with E-state index in [0.29, 0.717) is 13.0 Å². The van der Waals surface area contributed by atoms with Gasteiger partial charge in [-0.1, -0.05) is 58.4 Å². The van der Waals surface area contributed by atoms with Gasteiger partial charge in [0.15, 0.2) is 0 Å². The second-order valence-corrected chi connectivity index (χ2v) is 10.2. The van der Waals surface area contributed by atoms with Crippen molar-refractivity contribution in [1.29, 1.82) is 0 Å². The number of rotatable bonds is 6. The molecule has 6 nitrogen and oxygen atoms in total. The van der Waals surface area contributed by atoms with E-state index in [2.05, 4.69) is 21.2 Å². The van der Waals surface area contributed by atoms with Gasteiger partial charge < -0.3 is 14.8 Å². The van der Waals surface area contributed by atoms with Gasteiger partial charge in [-0.15, -0.1) is 0 Å². The summed E-state index contributed by atoms with van der Waals surface area (Å²) in [5, 5.41) is 2.82. The van der Waals surface area contributed by atoms with Crippen LogP contribution in [0.25, 0.3) is 0 Å². The lowest BCUT2D eigenvalue weighted by atomic mass is 9.90. The van der Waals surface area contributed by atoms with E-state index in [0.717, 1.165) is 34.9 Å². The largest absolute Gasteiger partial charge is 0.445 e. The Labute approximate surface area is 204 Å². The SMILES string of the molecule is CC(C)(C)OC(=O)NCC[C@@H]1CCC[C@@H](c2ccc(Br)cc2)N1C(=O)OCc1ccccc1. The third-order valence-corrected chi connectivity index (χ3v) is 6.09. The minimum absolute atomic E-state index is 0.0365. The summed E-state index contributed by atoms with van der Waals surface area (Å²) >= 11 is 3.49. The molecule has 2 atom stereocenters. The summed E-state index contributed by atoms with van der Waals surface area (Å²) in [6, 6.07) is 17.7. The zero-order chi connectivity index (χ0) is 23.8. The molecule has 0 aromatic heterocycles. The summed E-state index contributed by atoms with van der Waals surface area (Å²) < 4.78 is 12.1. The molecule has 178 valence electrons. The molecule has 0 saturated carbocycles. The summed E-state index contributed by atoms with van der Waals surface area (Å²) in [5.74, 6) is 0. The molecule has 0 radical (unpaired) electrons. The van der Waals surface area contributed by atoms with Crippen LogP contribution in [-0.2, 0) is 16.1 Å². The summed E-state index contributed by atoms with van der Waals surface area (Å²) in [4.78, 5) is 27.2. The zero-order valence-electron chi connectivity index (χ0n) is 19.6. The van der Waals surface area contributed by atoms with Gasteiger partial charge in [0.05, 0.1) is 6.04 Å². The van der Waals surface area contributed by atoms with Crippen molar-refractivity contribution in [3.05, 3.63) is 70.2 Å². The molecule has 1 aliphatic heterocycles. The minimum atomic E-state index is -0.547. The molecule has 0 spiro atoms. The molecule has 2 aromatic rings. The molecule has 0 aliphatic carbocycles. The summed E-state index contributed by atoms with van der Waals surface area (Å²) in [6.07, 6.45) is 2.60. The number of likely N-dealkylation sites (tertiary alicyclic amines) is 1. The number of piperidine rings is 1. The van der Waals surface area contributed by atoms with Crippen LogP contribution < -0.4 is 5.32 Å². The maximum absolute atomic E-state index is 13.3. The maximum atomic E-state index is 13.3. The van der Waals surface area contributed by atoms with E-state index < -0.39 is 11.7 Å². The highest BCUT2D eigenvalue weighted by Crippen LogP contribution is 2.36. The van der Waals surface area contributed by atoms with Gasteiger partial charge in [0.1, 0.15) is 12.2 Å². The van der Waals surface area contributed by atoms with Crippen LogP contribution in [0.4, 0.5) is 9.59 Å². The Morgan fingerprint density at radius 2 is 1.76 bits per heavy atom. The van der Waals surface area contributed by atoms with E-state index in [9.17, 15) is 9.59 Å². The molecule has 1 heterocycles. The van der Waals surface area contributed by atoms with Crippen LogP contribution in [0.5, 0.6) is 0 Å². The highest BCUT2D eigenvalue weighted by molar-refractivity contribution is 9.10. The number of halogens is 1. The third kappa shape index (κ3) is 7.77. The monoisotopic (exact) mass is 516 g/mol. The molecular formula is C26H33BrN2O4. The lowest BCUT2D eigenvalue weighted by Gasteiger charge is -2.41. The van der Waals surface area contributed by atoms with E-state index in [-0.39, 0.29) is 24.8 Å². The smallest absolute Gasteiger partial charge is 0.410 e. The summed E-state index contributed by atoms with van der Waals surface area (Å²) in [6.45, 7) is 6.16. The molecule has 0 unspecified atom stereocenters. The molecule has 7 heteroatoms. The minimum Gasteiger partial charge on any atom is -0.445 e. The van der Waals surface area contributed by atoms with Gasteiger partial charge >= 0.3 is 12.2 Å². The fourth-order valence-electron chi connectivity index (χ4n) is 4.10. The van der Waals surface area contributed by atoms with E-state index in [1.54, 1.807) is 0 Å². The van der Waals surface area contributed by atoms with Crippen molar-refractivity contribution < 1.29 is 19.1 Å².